The average Bonchev–Trinajstić information content (AvgIpc) is 3.12. The maximum Gasteiger partial charge on any atom is 0.273 e. The van der Waals surface area contributed by atoms with Gasteiger partial charge in [0, 0.05) is 19.3 Å². The Morgan fingerprint density at radius 1 is 0.931 bits per heavy atom. The quantitative estimate of drug-likeness (QED) is 0.473. The Labute approximate surface area is 169 Å². The van der Waals surface area contributed by atoms with E-state index in [4.69, 9.17) is 0 Å². The summed E-state index contributed by atoms with van der Waals surface area (Å²) in [6.45, 7) is 2.87. The third-order valence-corrected chi connectivity index (χ3v) is 4.91. The number of rotatable bonds is 6. The van der Waals surface area contributed by atoms with Gasteiger partial charge in [-0.15, -0.1) is 0 Å². The van der Waals surface area contributed by atoms with E-state index in [9.17, 15) is 9.18 Å². The second-order valence-corrected chi connectivity index (χ2v) is 6.97. The highest BCUT2D eigenvalue weighted by Crippen LogP contribution is 2.20. The average molecular weight is 387 g/mol. The summed E-state index contributed by atoms with van der Waals surface area (Å²) >= 11 is 0. The van der Waals surface area contributed by atoms with Crippen LogP contribution in [0.3, 0.4) is 0 Å². The fourth-order valence-electron chi connectivity index (χ4n) is 3.50. The van der Waals surface area contributed by atoms with Crippen molar-refractivity contribution in [3.63, 3.8) is 0 Å². The minimum atomic E-state index is -0.399. The van der Waals surface area contributed by atoms with Crippen LogP contribution in [0.4, 0.5) is 4.39 Å². The van der Waals surface area contributed by atoms with Gasteiger partial charge in [0.05, 0.1) is 5.69 Å². The number of aromatic nitrogens is 2. The van der Waals surface area contributed by atoms with E-state index < -0.39 is 5.82 Å². The molecule has 2 aromatic heterocycles. The molecular weight excluding hydrogens is 365 g/mol. The summed E-state index contributed by atoms with van der Waals surface area (Å²) < 4.78 is 15.5. The van der Waals surface area contributed by atoms with Crippen molar-refractivity contribution in [2.75, 3.05) is 0 Å². The number of carbonyl (C=O) groups is 1. The van der Waals surface area contributed by atoms with Gasteiger partial charge < -0.3 is 4.90 Å². The molecule has 4 rings (SSSR count). The maximum absolute atomic E-state index is 13.9. The number of pyridine rings is 1. The van der Waals surface area contributed by atoms with Crippen molar-refractivity contribution in [3.8, 4) is 0 Å². The smallest absolute Gasteiger partial charge is 0.273 e. The standard InChI is InChI=1S/C24H22FN3O/c1-2-21-23(28-17-20(25)13-14-22(28)26-21)24(29)27(15-18-9-5-3-6-10-18)16-19-11-7-4-8-12-19/h3-14,17H,2,15-16H2,1H3. The zero-order chi connectivity index (χ0) is 20.2. The lowest BCUT2D eigenvalue weighted by molar-refractivity contribution is 0.0721. The number of halogens is 1. The fraction of sp³-hybridized carbons (Fsp3) is 0.167. The van der Waals surface area contributed by atoms with Gasteiger partial charge in [-0.2, -0.15) is 0 Å². The second kappa shape index (κ2) is 8.27. The maximum atomic E-state index is 13.9. The predicted molar refractivity (Wildman–Crippen MR) is 111 cm³/mol. The normalized spacial score (nSPS) is 11.0. The minimum Gasteiger partial charge on any atom is -0.329 e. The molecule has 1 amide bonds. The van der Waals surface area contributed by atoms with Crippen molar-refractivity contribution in [1.82, 2.24) is 14.3 Å². The van der Waals surface area contributed by atoms with Gasteiger partial charge in [-0.3, -0.25) is 9.20 Å². The number of hydrogen-bond donors (Lipinski definition) is 0. The molecule has 0 bridgehead atoms. The molecule has 0 radical (unpaired) electrons. The zero-order valence-electron chi connectivity index (χ0n) is 16.3. The Morgan fingerprint density at radius 2 is 1.52 bits per heavy atom. The number of benzene rings is 2. The lowest BCUT2D eigenvalue weighted by Gasteiger charge is -2.23. The summed E-state index contributed by atoms with van der Waals surface area (Å²) in [7, 11) is 0. The lowest BCUT2D eigenvalue weighted by atomic mass is 10.1. The molecular formula is C24H22FN3O. The molecule has 5 heteroatoms. The SMILES string of the molecule is CCc1nc2ccc(F)cn2c1C(=O)N(Cc1ccccc1)Cc1ccccc1. The first-order chi connectivity index (χ1) is 14.2. The first-order valence-electron chi connectivity index (χ1n) is 9.69. The van der Waals surface area contributed by atoms with E-state index >= 15 is 0 Å². The van der Waals surface area contributed by atoms with Crippen LogP contribution in [-0.2, 0) is 19.5 Å². The molecule has 2 heterocycles. The number of hydrogen-bond acceptors (Lipinski definition) is 2. The van der Waals surface area contributed by atoms with E-state index in [1.165, 1.54) is 12.3 Å². The van der Waals surface area contributed by atoms with E-state index in [-0.39, 0.29) is 5.91 Å². The van der Waals surface area contributed by atoms with Gasteiger partial charge in [-0.05, 0) is 29.7 Å². The molecule has 0 aliphatic rings. The summed E-state index contributed by atoms with van der Waals surface area (Å²) in [5, 5.41) is 0. The summed E-state index contributed by atoms with van der Waals surface area (Å²) in [4.78, 5) is 20.0. The van der Waals surface area contributed by atoms with Crippen molar-refractivity contribution in [1.29, 1.82) is 0 Å². The Kier molecular flexibility index (Phi) is 5.38. The highest BCUT2D eigenvalue weighted by molar-refractivity contribution is 5.94. The van der Waals surface area contributed by atoms with E-state index in [0.717, 1.165) is 11.1 Å². The molecule has 0 spiro atoms. The molecule has 0 N–H and O–H groups in total. The highest BCUT2D eigenvalue weighted by Gasteiger charge is 2.24. The van der Waals surface area contributed by atoms with Crippen LogP contribution in [-0.4, -0.2) is 20.2 Å². The Morgan fingerprint density at radius 3 is 2.07 bits per heavy atom. The first kappa shape index (κ1) is 18.9. The van der Waals surface area contributed by atoms with Gasteiger partial charge in [0.1, 0.15) is 17.2 Å². The third kappa shape index (κ3) is 4.04. The van der Waals surface area contributed by atoms with Gasteiger partial charge >= 0.3 is 0 Å². The fourth-order valence-corrected chi connectivity index (χ4v) is 3.50. The van der Waals surface area contributed by atoms with Crippen LogP contribution in [0.1, 0.15) is 34.2 Å². The lowest BCUT2D eigenvalue weighted by Crippen LogP contribution is -2.31. The van der Waals surface area contributed by atoms with Crippen LogP contribution < -0.4 is 0 Å². The Hall–Kier alpha value is -3.47. The highest BCUT2D eigenvalue weighted by atomic mass is 19.1. The summed E-state index contributed by atoms with van der Waals surface area (Å²) in [6.07, 6.45) is 1.92. The van der Waals surface area contributed by atoms with Crippen molar-refractivity contribution in [2.45, 2.75) is 26.4 Å². The van der Waals surface area contributed by atoms with Crippen LogP contribution in [0.25, 0.3) is 5.65 Å². The number of amides is 1. The number of imidazole rings is 1. The Bertz CT molecular complexity index is 1080. The van der Waals surface area contributed by atoms with Crippen molar-refractivity contribution in [2.24, 2.45) is 0 Å². The molecule has 4 aromatic rings. The number of carbonyl (C=O) groups excluding carboxylic acids is 1. The number of nitrogens with zero attached hydrogens (tertiary/aromatic N) is 3. The summed E-state index contributed by atoms with van der Waals surface area (Å²) in [5.41, 5.74) is 3.75. The summed E-state index contributed by atoms with van der Waals surface area (Å²) in [5.74, 6) is -0.558. The van der Waals surface area contributed by atoms with Gasteiger partial charge in [0.25, 0.3) is 5.91 Å². The van der Waals surface area contributed by atoms with E-state index in [1.54, 1.807) is 15.4 Å². The largest absolute Gasteiger partial charge is 0.329 e. The second-order valence-electron chi connectivity index (χ2n) is 6.97. The van der Waals surface area contributed by atoms with Crippen LogP contribution in [0.2, 0.25) is 0 Å². The minimum absolute atomic E-state index is 0.160. The molecule has 4 nitrogen and oxygen atoms in total. The monoisotopic (exact) mass is 387 g/mol. The van der Waals surface area contributed by atoms with Gasteiger partial charge in [-0.1, -0.05) is 67.6 Å². The van der Waals surface area contributed by atoms with Gasteiger partial charge in [0.2, 0.25) is 0 Å². The zero-order valence-corrected chi connectivity index (χ0v) is 16.3. The molecule has 0 saturated carbocycles. The molecule has 2 aromatic carbocycles. The molecule has 0 unspecified atom stereocenters. The van der Waals surface area contributed by atoms with E-state index in [0.29, 0.717) is 36.5 Å². The Balaban J connectivity index is 1.76. The van der Waals surface area contributed by atoms with Crippen LogP contribution in [0.15, 0.2) is 79.0 Å². The molecule has 146 valence electrons. The van der Waals surface area contributed by atoms with E-state index in [2.05, 4.69) is 4.98 Å². The van der Waals surface area contributed by atoms with Crippen LogP contribution in [0, 0.1) is 5.82 Å². The number of fused-ring (bicyclic) bond motifs is 1. The van der Waals surface area contributed by atoms with Crippen LogP contribution in [0.5, 0.6) is 0 Å². The van der Waals surface area contributed by atoms with Crippen LogP contribution >= 0.6 is 0 Å². The number of aryl methyl sites for hydroxylation is 1. The van der Waals surface area contributed by atoms with Crippen molar-refractivity contribution < 1.29 is 9.18 Å². The van der Waals surface area contributed by atoms with Gasteiger partial charge in [-0.25, -0.2) is 9.37 Å². The van der Waals surface area contributed by atoms with E-state index in [1.807, 2.05) is 67.6 Å². The van der Waals surface area contributed by atoms with Gasteiger partial charge in [0.15, 0.2) is 0 Å². The molecule has 0 fully saturated rings. The molecule has 0 aliphatic carbocycles. The summed E-state index contributed by atoms with van der Waals surface area (Å²) in [6, 6.07) is 22.7. The molecule has 0 aliphatic heterocycles. The topological polar surface area (TPSA) is 37.6 Å². The predicted octanol–water partition coefficient (Wildman–Crippen LogP) is 4.88. The molecule has 29 heavy (non-hydrogen) atoms. The molecule has 0 atom stereocenters. The van der Waals surface area contributed by atoms with Crippen molar-refractivity contribution >= 4 is 11.6 Å². The third-order valence-electron chi connectivity index (χ3n) is 4.91. The first-order valence-corrected chi connectivity index (χ1v) is 9.69. The molecule has 0 saturated heterocycles. The van der Waals surface area contributed by atoms with Crippen molar-refractivity contribution in [3.05, 3.63) is 107 Å².